The van der Waals surface area contributed by atoms with Gasteiger partial charge in [-0.3, -0.25) is 9.36 Å². The normalized spacial score (nSPS) is 17.0. The molecule has 0 aromatic carbocycles. The van der Waals surface area contributed by atoms with Gasteiger partial charge in [-0.1, -0.05) is 6.92 Å². The zero-order chi connectivity index (χ0) is 9.94. The van der Waals surface area contributed by atoms with Crippen molar-refractivity contribution in [3.05, 3.63) is 0 Å². The fraction of sp³-hybridized carbons (Fsp3) is 0.800. The number of aliphatic carboxylic acids is 1. The molecule has 0 heterocycles. The van der Waals surface area contributed by atoms with Gasteiger partial charge in [-0.15, -0.1) is 0 Å². The summed E-state index contributed by atoms with van der Waals surface area (Å²) in [6, 6.07) is -1.50. The third-order valence-electron chi connectivity index (χ3n) is 1.55. The standard InChI is InChI=1S/C5H12NO5P/c1-2-3(12(9,10)11)4(6)5(7)8/h3-4H,2,6H2,1H3,(H,7,8)(H2,9,10,11). The molecule has 2 atom stereocenters. The smallest absolute Gasteiger partial charge is 0.330 e. The van der Waals surface area contributed by atoms with Gasteiger partial charge in [-0.25, -0.2) is 0 Å². The summed E-state index contributed by atoms with van der Waals surface area (Å²) in [5, 5.41) is 8.38. The van der Waals surface area contributed by atoms with E-state index in [2.05, 4.69) is 0 Å². The number of hydrogen-bond donors (Lipinski definition) is 4. The van der Waals surface area contributed by atoms with E-state index in [1.807, 2.05) is 0 Å². The third kappa shape index (κ3) is 2.91. The molecule has 0 amide bonds. The van der Waals surface area contributed by atoms with Gasteiger partial charge in [0.25, 0.3) is 0 Å². The highest BCUT2D eigenvalue weighted by Crippen LogP contribution is 2.44. The van der Waals surface area contributed by atoms with Crippen LogP contribution in [0, 0.1) is 0 Å². The lowest BCUT2D eigenvalue weighted by molar-refractivity contribution is -0.138. The lowest BCUT2D eigenvalue weighted by Gasteiger charge is -2.19. The maximum Gasteiger partial charge on any atom is 0.330 e. The van der Waals surface area contributed by atoms with E-state index in [0.717, 1.165) is 0 Å². The summed E-state index contributed by atoms with van der Waals surface area (Å²) in [6.45, 7) is 1.48. The minimum absolute atomic E-state index is 0.0394. The van der Waals surface area contributed by atoms with Crippen molar-refractivity contribution < 1.29 is 24.3 Å². The van der Waals surface area contributed by atoms with E-state index in [9.17, 15) is 9.36 Å². The van der Waals surface area contributed by atoms with Crippen molar-refractivity contribution in [2.24, 2.45) is 5.73 Å². The second kappa shape index (κ2) is 4.00. The van der Waals surface area contributed by atoms with Crippen molar-refractivity contribution >= 4 is 13.6 Å². The van der Waals surface area contributed by atoms with Crippen molar-refractivity contribution in [3.8, 4) is 0 Å². The van der Waals surface area contributed by atoms with Crippen LogP contribution in [-0.4, -0.2) is 32.6 Å². The predicted octanol–water partition coefficient (Wildman–Crippen LogP) is -0.645. The highest BCUT2D eigenvalue weighted by Gasteiger charge is 2.36. The van der Waals surface area contributed by atoms with Crippen LogP contribution in [0.15, 0.2) is 0 Å². The van der Waals surface area contributed by atoms with Gasteiger partial charge < -0.3 is 20.6 Å². The van der Waals surface area contributed by atoms with Gasteiger partial charge in [0.15, 0.2) is 0 Å². The van der Waals surface area contributed by atoms with Crippen molar-refractivity contribution in [2.45, 2.75) is 25.0 Å². The number of carboxylic acid groups (broad SMARTS) is 1. The molecular weight excluding hydrogens is 185 g/mol. The molecule has 2 unspecified atom stereocenters. The van der Waals surface area contributed by atoms with Crippen LogP contribution in [0.5, 0.6) is 0 Å². The second-order valence-electron chi connectivity index (χ2n) is 2.43. The average Bonchev–Trinajstić information content (AvgIpc) is 1.85. The van der Waals surface area contributed by atoms with E-state index in [4.69, 9.17) is 20.6 Å². The lowest BCUT2D eigenvalue weighted by Crippen LogP contribution is -2.41. The van der Waals surface area contributed by atoms with Crippen molar-refractivity contribution in [1.29, 1.82) is 0 Å². The first-order valence-corrected chi connectivity index (χ1v) is 5.02. The molecule has 0 bridgehead atoms. The highest BCUT2D eigenvalue weighted by atomic mass is 31.2. The lowest BCUT2D eigenvalue weighted by atomic mass is 10.2. The van der Waals surface area contributed by atoms with E-state index < -0.39 is 25.3 Å². The number of hydrogen-bond acceptors (Lipinski definition) is 3. The van der Waals surface area contributed by atoms with Gasteiger partial charge in [-0.05, 0) is 6.42 Å². The maximum absolute atomic E-state index is 10.7. The molecule has 0 radical (unpaired) electrons. The number of carbonyl (C=O) groups is 1. The molecule has 0 aromatic heterocycles. The van der Waals surface area contributed by atoms with Crippen LogP contribution >= 0.6 is 7.60 Å². The van der Waals surface area contributed by atoms with Gasteiger partial charge in [0.1, 0.15) is 6.04 Å². The number of nitrogens with two attached hydrogens (primary N) is 1. The van der Waals surface area contributed by atoms with Gasteiger partial charge in [-0.2, -0.15) is 0 Å². The summed E-state index contributed by atoms with van der Waals surface area (Å²) in [5.74, 6) is -1.40. The van der Waals surface area contributed by atoms with E-state index in [-0.39, 0.29) is 6.42 Å². The summed E-state index contributed by atoms with van der Waals surface area (Å²) in [6.07, 6.45) is 0.0394. The molecule has 0 aliphatic heterocycles. The van der Waals surface area contributed by atoms with Crippen LogP contribution in [-0.2, 0) is 9.36 Å². The van der Waals surface area contributed by atoms with Gasteiger partial charge >= 0.3 is 13.6 Å². The molecule has 0 aliphatic carbocycles. The zero-order valence-corrected chi connectivity index (χ0v) is 7.44. The molecular formula is C5H12NO5P. The van der Waals surface area contributed by atoms with E-state index >= 15 is 0 Å². The third-order valence-corrected chi connectivity index (χ3v) is 3.10. The molecule has 0 aromatic rings. The fourth-order valence-electron chi connectivity index (χ4n) is 0.866. The van der Waals surface area contributed by atoms with Crippen LogP contribution < -0.4 is 5.73 Å². The quantitative estimate of drug-likeness (QED) is 0.444. The summed E-state index contributed by atoms with van der Waals surface area (Å²) in [7, 11) is -4.39. The molecule has 0 saturated carbocycles. The maximum atomic E-state index is 10.7. The molecule has 72 valence electrons. The Labute approximate surface area is 69.5 Å². The fourth-order valence-corrected chi connectivity index (χ4v) is 1.89. The van der Waals surface area contributed by atoms with Gasteiger partial charge in [0.2, 0.25) is 0 Å². The van der Waals surface area contributed by atoms with Crippen LogP contribution in [0.4, 0.5) is 0 Å². The Hall–Kier alpha value is -0.420. The predicted molar refractivity (Wildman–Crippen MR) is 41.7 cm³/mol. The monoisotopic (exact) mass is 197 g/mol. The minimum atomic E-state index is -4.39. The Bertz CT molecular complexity index is 212. The van der Waals surface area contributed by atoms with E-state index in [0.29, 0.717) is 0 Å². The van der Waals surface area contributed by atoms with E-state index in [1.165, 1.54) is 6.92 Å². The first-order chi connectivity index (χ1) is 5.30. The molecule has 6 nitrogen and oxygen atoms in total. The Morgan fingerprint density at radius 2 is 2.00 bits per heavy atom. The molecule has 5 N–H and O–H groups in total. The first-order valence-electron chi connectivity index (χ1n) is 3.34. The zero-order valence-electron chi connectivity index (χ0n) is 6.54. The Kier molecular flexibility index (Phi) is 3.86. The average molecular weight is 197 g/mol. The van der Waals surface area contributed by atoms with Gasteiger partial charge in [0, 0.05) is 0 Å². The Morgan fingerprint density at radius 1 is 1.58 bits per heavy atom. The SMILES string of the molecule is CCC(C(N)C(=O)O)P(=O)(O)O. The second-order valence-corrected chi connectivity index (χ2v) is 4.27. The molecule has 0 rings (SSSR count). The van der Waals surface area contributed by atoms with Crippen LogP contribution in [0.25, 0.3) is 0 Å². The Balaban J connectivity index is 4.57. The molecule has 0 saturated heterocycles. The van der Waals surface area contributed by atoms with Crippen molar-refractivity contribution in [1.82, 2.24) is 0 Å². The number of carboxylic acids is 1. The first kappa shape index (κ1) is 11.6. The van der Waals surface area contributed by atoms with Crippen LogP contribution in [0.2, 0.25) is 0 Å². The van der Waals surface area contributed by atoms with Gasteiger partial charge in [0.05, 0.1) is 5.66 Å². The summed E-state index contributed by atoms with van der Waals surface area (Å²) in [4.78, 5) is 27.6. The molecule has 0 aliphatic rings. The van der Waals surface area contributed by atoms with Crippen molar-refractivity contribution in [3.63, 3.8) is 0 Å². The topological polar surface area (TPSA) is 121 Å². The Morgan fingerprint density at radius 3 is 2.08 bits per heavy atom. The van der Waals surface area contributed by atoms with Crippen LogP contribution in [0.3, 0.4) is 0 Å². The van der Waals surface area contributed by atoms with E-state index in [1.54, 1.807) is 0 Å². The minimum Gasteiger partial charge on any atom is -0.480 e. The van der Waals surface area contributed by atoms with Crippen molar-refractivity contribution in [2.75, 3.05) is 0 Å². The molecule has 0 fully saturated rings. The van der Waals surface area contributed by atoms with Crippen LogP contribution in [0.1, 0.15) is 13.3 Å². The molecule has 12 heavy (non-hydrogen) atoms. The molecule has 0 spiro atoms. The molecule has 7 heteroatoms. The number of rotatable bonds is 4. The summed E-state index contributed by atoms with van der Waals surface area (Å²) < 4.78 is 10.7. The highest BCUT2D eigenvalue weighted by molar-refractivity contribution is 7.52. The summed E-state index contributed by atoms with van der Waals surface area (Å²) in [5.41, 5.74) is 3.77. The summed E-state index contributed by atoms with van der Waals surface area (Å²) >= 11 is 0. The largest absolute Gasteiger partial charge is 0.480 e.